The largest absolute Gasteiger partial charge is 0.481 e. The van der Waals surface area contributed by atoms with Crippen LogP contribution in [0.1, 0.15) is 5.56 Å². The van der Waals surface area contributed by atoms with Crippen molar-refractivity contribution in [3.8, 4) is 18.1 Å². The monoisotopic (exact) mass is 240 g/mol. The molecule has 1 aromatic carbocycles. The maximum Gasteiger partial charge on any atom is 0.264 e. The van der Waals surface area contributed by atoms with Gasteiger partial charge in [-0.2, -0.15) is 8.42 Å². The van der Waals surface area contributed by atoms with Crippen molar-refractivity contribution in [1.82, 2.24) is 0 Å². The van der Waals surface area contributed by atoms with Crippen LogP contribution in [0.15, 0.2) is 24.3 Å². The molecule has 0 N–H and O–H groups in total. The predicted octanol–water partition coefficient (Wildman–Crippen LogP) is 1.17. The quantitative estimate of drug-likeness (QED) is 0.572. The van der Waals surface area contributed by atoms with Crippen molar-refractivity contribution in [1.29, 1.82) is 0 Å². The van der Waals surface area contributed by atoms with Crippen molar-refractivity contribution in [3.05, 3.63) is 29.8 Å². The third kappa shape index (κ3) is 4.82. The highest BCUT2D eigenvalue weighted by molar-refractivity contribution is 7.85. The summed E-state index contributed by atoms with van der Waals surface area (Å²) in [5, 5.41) is 0. The second-order valence-corrected chi connectivity index (χ2v) is 4.75. The minimum absolute atomic E-state index is 0.00785. The summed E-state index contributed by atoms with van der Waals surface area (Å²) in [4.78, 5) is 0. The Hall–Kier alpha value is -1.51. The van der Waals surface area contributed by atoms with Gasteiger partial charge in [-0.1, -0.05) is 18.1 Å². The van der Waals surface area contributed by atoms with E-state index in [9.17, 15) is 8.42 Å². The van der Waals surface area contributed by atoms with Gasteiger partial charge in [0.25, 0.3) is 10.1 Å². The van der Waals surface area contributed by atoms with Gasteiger partial charge < -0.3 is 4.74 Å². The molecule has 0 spiro atoms. The average Bonchev–Trinajstić information content (AvgIpc) is 2.23. The van der Waals surface area contributed by atoms with Crippen molar-refractivity contribution < 1.29 is 17.3 Å². The Labute approximate surface area is 95.3 Å². The Kier molecular flexibility index (Phi) is 4.35. The molecule has 0 saturated carbocycles. The van der Waals surface area contributed by atoms with Crippen LogP contribution in [0.5, 0.6) is 5.75 Å². The summed E-state index contributed by atoms with van der Waals surface area (Å²) in [5.74, 6) is 2.93. The van der Waals surface area contributed by atoms with E-state index in [1.54, 1.807) is 24.3 Å². The molecular formula is C11H12O4S. The van der Waals surface area contributed by atoms with Gasteiger partial charge in [0.05, 0.1) is 12.9 Å². The molecule has 0 saturated heterocycles. The van der Waals surface area contributed by atoms with Crippen LogP contribution in [0, 0.1) is 12.3 Å². The lowest BCUT2D eigenvalue weighted by Gasteiger charge is -2.05. The van der Waals surface area contributed by atoms with E-state index in [0.29, 0.717) is 11.3 Å². The topological polar surface area (TPSA) is 52.6 Å². The zero-order valence-electron chi connectivity index (χ0n) is 8.84. The van der Waals surface area contributed by atoms with E-state index < -0.39 is 10.1 Å². The van der Waals surface area contributed by atoms with Gasteiger partial charge >= 0.3 is 0 Å². The number of benzene rings is 1. The first-order chi connectivity index (χ1) is 7.51. The lowest BCUT2D eigenvalue weighted by Crippen LogP contribution is -2.03. The molecule has 0 aromatic heterocycles. The molecule has 4 nitrogen and oxygen atoms in total. The summed E-state index contributed by atoms with van der Waals surface area (Å²) in [6.07, 6.45) is 6.06. The third-order valence-electron chi connectivity index (χ3n) is 1.66. The number of terminal acetylenes is 1. The van der Waals surface area contributed by atoms with Crippen LogP contribution in [0.4, 0.5) is 0 Å². The summed E-state index contributed by atoms with van der Waals surface area (Å²) < 4.78 is 31.4. The Morgan fingerprint density at radius 3 is 2.81 bits per heavy atom. The molecule has 0 aliphatic heterocycles. The Balaban J connectivity index is 2.64. The van der Waals surface area contributed by atoms with Gasteiger partial charge in [0.2, 0.25) is 0 Å². The Bertz CT molecular complexity index is 485. The van der Waals surface area contributed by atoms with Gasteiger partial charge in [-0.25, -0.2) is 0 Å². The van der Waals surface area contributed by atoms with Crippen LogP contribution in [-0.4, -0.2) is 21.3 Å². The van der Waals surface area contributed by atoms with E-state index in [1.165, 1.54) is 0 Å². The van der Waals surface area contributed by atoms with E-state index in [4.69, 9.17) is 11.2 Å². The molecular weight excluding hydrogens is 228 g/mol. The standard InChI is InChI=1S/C11H12O4S/c1-3-7-14-11-6-4-5-10(8-11)9-15-16(2,12)13/h1,4-6,8H,7,9H2,2H3. The van der Waals surface area contributed by atoms with Gasteiger partial charge in [-0.05, 0) is 17.7 Å². The maximum atomic E-state index is 10.8. The molecule has 0 unspecified atom stereocenters. The normalized spacial score (nSPS) is 10.8. The van der Waals surface area contributed by atoms with Gasteiger partial charge in [0, 0.05) is 0 Å². The molecule has 0 amide bonds. The van der Waals surface area contributed by atoms with Crippen molar-refractivity contribution in [2.75, 3.05) is 12.9 Å². The zero-order chi connectivity index (χ0) is 12.0. The Morgan fingerprint density at radius 2 is 2.19 bits per heavy atom. The molecule has 86 valence electrons. The highest BCUT2D eigenvalue weighted by Crippen LogP contribution is 2.14. The molecule has 1 rings (SSSR count). The van der Waals surface area contributed by atoms with Gasteiger partial charge in [0.15, 0.2) is 0 Å². The van der Waals surface area contributed by atoms with Crippen LogP contribution in [0.3, 0.4) is 0 Å². The molecule has 0 fully saturated rings. The maximum absolute atomic E-state index is 10.8. The smallest absolute Gasteiger partial charge is 0.264 e. The van der Waals surface area contributed by atoms with Crippen LogP contribution >= 0.6 is 0 Å². The van der Waals surface area contributed by atoms with Crippen LogP contribution in [-0.2, 0) is 20.9 Å². The molecule has 0 atom stereocenters. The van der Waals surface area contributed by atoms with Gasteiger partial charge in [0.1, 0.15) is 12.4 Å². The molecule has 1 aromatic rings. The summed E-state index contributed by atoms with van der Waals surface area (Å²) in [5.41, 5.74) is 0.708. The third-order valence-corrected chi connectivity index (χ3v) is 2.21. The van der Waals surface area contributed by atoms with Crippen molar-refractivity contribution >= 4 is 10.1 Å². The second-order valence-electron chi connectivity index (χ2n) is 3.11. The number of hydrogen-bond acceptors (Lipinski definition) is 4. The number of hydrogen-bond donors (Lipinski definition) is 0. The van der Waals surface area contributed by atoms with Crippen molar-refractivity contribution in [3.63, 3.8) is 0 Å². The average molecular weight is 240 g/mol. The molecule has 16 heavy (non-hydrogen) atoms. The molecule has 0 bridgehead atoms. The SMILES string of the molecule is C#CCOc1cccc(COS(C)(=O)=O)c1. The minimum atomic E-state index is -3.43. The lowest BCUT2D eigenvalue weighted by atomic mass is 10.2. The fourth-order valence-electron chi connectivity index (χ4n) is 1.03. The molecule has 0 aliphatic carbocycles. The Morgan fingerprint density at radius 1 is 1.44 bits per heavy atom. The van der Waals surface area contributed by atoms with Gasteiger partial charge in [-0.3, -0.25) is 4.18 Å². The first kappa shape index (κ1) is 12.6. The molecule has 0 heterocycles. The first-order valence-corrected chi connectivity index (χ1v) is 6.32. The van der Waals surface area contributed by atoms with Crippen molar-refractivity contribution in [2.24, 2.45) is 0 Å². The first-order valence-electron chi connectivity index (χ1n) is 4.51. The number of rotatable bonds is 5. The fourth-order valence-corrected chi connectivity index (χ4v) is 1.38. The van der Waals surface area contributed by atoms with E-state index in [1.807, 2.05) is 0 Å². The van der Waals surface area contributed by atoms with Crippen LogP contribution in [0.2, 0.25) is 0 Å². The van der Waals surface area contributed by atoms with E-state index in [2.05, 4.69) is 10.1 Å². The molecule has 5 heteroatoms. The van der Waals surface area contributed by atoms with E-state index in [-0.39, 0.29) is 13.2 Å². The molecule has 0 aliphatic rings. The van der Waals surface area contributed by atoms with Crippen molar-refractivity contribution in [2.45, 2.75) is 6.61 Å². The summed E-state index contributed by atoms with van der Waals surface area (Å²) in [6, 6.07) is 6.91. The highest BCUT2D eigenvalue weighted by atomic mass is 32.2. The predicted molar refractivity (Wildman–Crippen MR) is 60.4 cm³/mol. The fraction of sp³-hybridized carbons (Fsp3) is 0.273. The second kappa shape index (κ2) is 5.54. The number of ether oxygens (including phenoxy) is 1. The summed E-state index contributed by atoms with van der Waals surface area (Å²) in [7, 11) is -3.43. The molecule has 0 radical (unpaired) electrons. The highest BCUT2D eigenvalue weighted by Gasteiger charge is 2.03. The lowest BCUT2D eigenvalue weighted by molar-refractivity contribution is 0.310. The summed E-state index contributed by atoms with van der Waals surface area (Å²) >= 11 is 0. The zero-order valence-corrected chi connectivity index (χ0v) is 9.66. The van der Waals surface area contributed by atoms with E-state index >= 15 is 0 Å². The van der Waals surface area contributed by atoms with E-state index in [0.717, 1.165) is 6.26 Å². The summed E-state index contributed by atoms with van der Waals surface area (Å²) in [6.45, 7) is 0.169. The van der Waals surface area contributed by atoms with Crippen LogP contribution in [0.25, 0.3) is 0 Å². The van der Waals surface area contributed by atoms with Gasteiger partial charge in [-0.15, -0.1) is 6.42 Å². The van der Waals surface area contributed by atoms with Crippen LogP contribution < -0.4 is 4.74 Å². The minimum Gasteiger partial charge on any atom is -0.481 e.